The highest BCUT2D eigenvalue weighted by Crippen LogP contribution is 2.28. The molecule has 1 aliphatic carbocycles. The highest BCUT2D eigenvalue weighted by atomic mass is 32.2. The quantitative estimate of drug-likeness (QED) is 0.489. The summed E-state index contributed by atoms with van der Waals surface area (Å²) in [4.78, 5) is 47.4. The molecule has 0 spiro atoms. The van der Waals surface area contributed by atoms with Crippen molar-refractivity contribution in [1.82, 2.24) is 24.4 Å². The van der Waals surface area contributed by atoms with E-state index in [1.165, 1.54) is 34.7 Å². The smallest absolute Gasteiger partial charge is 0.332 e. The van der Waals surface area contributed by atoms with Crippen LogP contribution in [0.4, 0.5) is 0 Å². The molecule has 1 fully saturated rings. The monoisotopic (exact) mass is 431 g/mol. The number of fused-ring (bicyclic) bond motifs is 1. The molecule has 4 rings (SSSR count). The Balaban J connectivity index is 1.75. The maximum Gasteiger partial charge on any atom is 0.332 e. The number of nitrogens with zero attached hydrogens (tertiary/aromatic N) is 4. The summed E-state index contributed by atoms with van der Waals surface area (Å²) in [5.74, 6) is 0.515. The lowest BCUT2D eigenvalue weighted by molar-refractivity contribution is -0.119. The minimum atomic E-state index is -0.459. The topological polar surface area (TPSA) is 98.9 Å². The third-order valence-corrected chi connectivity index (χ3v) is 6.91. The van der Waals surface area contributed by atoms with E-state index in [2.05, 4.69) is 15.3 Å². The first-order chi connectivity index (χ1) is 14.0. The van der Waals surface area contributed by atoms with Gasteiger partial charge in [0.2, 0.25) is 5.91 Å². The molecule has 0 aromatic carbocycles. The normalized spacial score (nSPS) is 14.6. The van der Waals surface area contributed by atoms with Crippen molar-refractivity contribution in [2.24, 2.45) is 14.1 Å². The fourth-order valence-electron chi connectivity index (χ4n) is 3.52. The van der Waals surface area contributed by atoms with Gasteiger partial charge < -0.3 is 5.32 Å². The third-order valence-electron chi connectivity index (χ3n) is 5.07. The van der Waals surface area contributed by atoms with Gasteiger partial charge in [-0.3, -0.25) is 18.7 Å². The lowest BCUT2D eigenvalue weighted by atomic mass is 10.2. The molecule has 0 unspecified atom stereocenters. The summed E-state index contributed by atoms with van der Waals surface area (Å²) in [7, 11) is 3.01. The van der Waals surface area contributed by atoms with E-state index in [1.54, 1.807) is 7.05 Å². The van der Waals surface area contributed by atoms with Gasteiger partial charge in [-0.15, -0.1) is 11.3 Å². The van der Waals surface area contributed by atoms with Crippen molar-refractivity contribution < 1.29 is 4.79 Å². The van der Waals surface area contributed by atoms with Crippen LogP contribution < -0.4 is 16.6 Å². The van der Waals surface area contributed by atoms with E-state index < -0.39 is 11.2 Å². The molecule has 3 heterocycles. The number of aromatic nitrogens is 4. The Morgan fingerprint density at radius 2 is 2.00 bits per heavy atom. The van der Waals surface area contributed by atoms with Gasteiger partial charge in [0, 0.05) is 20.1 Å². The molecule has 152 valence electrons. The van der Waals surface area contributed by atoms with Crippen molar-refractivity contribution in [1.29, 1.82) is 0 Å². The molecular formula is C19H21N5O3S2. The van der Waals surface area contributed by atoms with Crippen molar-refractivity contribution in [2.75, 3.05) is 5.75 Å². The van der Waals surface area contributed by atoms with Crippen molar-refractivity contribution in [3.05, 3.63) is 38.4 Å². The van der Waals surface area contributed by atoms with E-state index in [9.17, 15) is 14.4 Å². The lowest BCUT2D eigenvalue weighted by Gasteiger charge is -2.13. The van der Waals surface area contributed by atoms with Crippen LogP contribution >= 0.6 is 23.1 Å². The van der Waals surface area contributed by atoms with Crippen molar-refractivity contribution >= 4 is 40.0 Å². The predicted molar refractivity (Wildman–Crippen MR) is 114 cm³/mol. The zero-order chi connectivity index (χ0) is 20.5. The number of nitrogens with one attached hydrogen (secondary N) is 1. The lowest BCUT2D eigenvalue weighted by Crippen LogP contribution is -2.38. The van der Waals surface area contributed by atoms with Crippen molar-refractivity contribution in [2.45, 2.75) is 36.8 Å². The first-order valence-corrected chi connectivity index (χ1v) is 11.3. The Labute approximate surface area is 175 Å². The summed E-state index contributed by atoms with van der Waals surface area (Å²) in [5, 5.41) is 5.63. The first kappa shape index (κ1) is 19.8. The number of thioether (sulfide) groups is 1. The molecule has 0 bridgehead atoms. The van der Waals surface area contributed by atoms with Gasteiger partial charge >= 0.3 is 5.69 Å². The first-order valence-electron chi connectivity index (χ1n) is 9.39. The van der Waals surface area contributed by atoms with Crippen LogP contribution in [0, 0.1) is 0 Å². The van der Waals surface area contributed by atoms with Crippen LogP contribution in [0.1, 0.15) is 25.7 Å². The summed E-state index contributed by atoms with van der Waals surface area (Å²) < 4.78 is 2.39. The molecular weight excluding hydrogens is 410 g/mol. The molecule has 1 N–H and O–H groups in total. The summed E-state index contributed by atoms with van der Waals surface area (Å²) in [6, 6.07) is 4.01. The van der Waals surface area contributed by atoms with E-state index in [-0.39, 0.29) is 28.7 Å². The van der Waals surface area contributed by atoms with E-state index in [0.717, 1.165) is 35.1 Å². The van der Waals surface area contributed by atoms with Gasteiger partial charge in [-0.2, -0.15) is 0 Å². The Bertz CT molecular complexity index is 1180. The number of hydrogen-bond donors (Lipinski definition) is 1. The molecule has 3 aromatic heterocycles. The summed E-state index contributed by atoms with van der Waals surface area (Å²) in [5.41, 5.74) is -0.636. The minimum absolute atomic E-state index is 0.0759. The van der Waals surface area contributed by atoms with E-state index in [4.69, 9.17) is 0 Å². The number of amides is 1. The Morgan fingerprint density at radius 3 is 2.69 bits per heavy atom. The maximum absolute atomic E-state index is 12.8. The molecule has 0 saturated heterocycles. The Kier molecular flexibility index (Phi) is 5.55. The predicted octanol–water partition coefficient (Wildman–Crippen LogP) is 1.91. The number of rotatable bonds is 5. The maximum atomic E-state index is 12.8. The standard InChI is InChI=1S/C19H21N5O3S2/c1-23-16-14(18(26)24(2)19(23)27)17(22-15(21-16)12-8-5-9-28-12)29-10-13(25)20-11-6-3-4-7-11/h5,8-9,11H,3-4,6-7,10H2,1-2H3,(H,20,25). The number of carbonyl (C=O) groups excluding carboxylic acids is 1. The SMILES string of the molecule is Cn1c(=O)c2c(SCC(=O)NC3CCCC3)nc(-c3cccs3)nc2n(C)c1=O. The Hall–Kier alpha value is -2.46. The summed E-state index contributed by atoms with van der Waals surface area (Å²) >= 11 is 2.68. The molecule has 3 aromatic rings. The molecule has 1 amide bonds. The molecule has 0 atom stereocenters. The van der Waals surface area contributed by atoms with Crippen LogP contribution in [0.2, 0.25) is 0 Å². The van der Waals surface area contributed by atoms with Gasteiger partial charge in [-0.05, 0) is 24.3 Å². The second-order valence-electron chi connectivity index (χ2n) is 7.07. The zero-order valence-electron chi connectivity index (χ0n) is 16.2. The summed E-state index contributed by atoms with van der Waals surface area (Å²) in [6.07, 6.45) is 4.31. The number of thiophene rings is 1. The van der Waals surface area contributed by atoms with Gasteiger partial charge in [0.05, 0.1) is 10.6 Å². The fourth-order valence-corrected chi connectivity index (χ4v) is 5.01. The van der Waals surface area contributed by atoms with Gasteiger partial charge in [0.15, 0.2) is 11.5 Å². The molecule has 0 aliphatic heterocycles. The highest BCUT2D eigenvalue weighted by Gasteiger charge is 2.21. The second kappa shape index (κ2) is 8.11. The van der Waals surface area contributed by atoms with E-state index in [0.29, 0.717) is 10.9 Å². The van der Waals surface area contributed by atoms with Gasteiger partial charge in [0.1, 0.15) is 10.4 Å². The minimum Gasteiger partial charge on any atom is -0.353 e. The van der Waals surface area contributed by atoms with Crippen LogP contribution in [-0.4, -0.2) is 36.8 Å². The summed E-state index contributed by atoms with van der Waals surface area (Å²) in [6.45, 7) is 0. The van der Waals surface area contributed by atoms with E-state index in [1.807, 2.05) is 17.5 Å². The van der Waals surface area contributed by atoms with Crippen LogP contribution in [0.5, 0.6) is 0 Å². The third kappa shape index (κ3) is 3.86. The highest BCUT2D eigenvalue weighted by molar-refractivity contribution is 8.00. The molecule has 29 heavy (non-hydrogen) atoms. The average molecular weight is 432 g/mol. The largest absolute Gasteiger partial charge is 0.353 e. The second-order valence-corrected chi connectivity index (χ2v) is 8.98. The number of aryl methyl sites for hydroxylation is 1. The van der Waals surface area contributed by atoms with Crippen LogP contribution in [0.25, 0.3) is 21.7 Å². The fraction of sp³-hybridized carbons (Fsp3) is 0.421. The van der Waals surface area contributed by atoms with Gasteiger partial charge in [0.25, 0.3) is 5.56 Å². The number of carbonyl (C=O) groups is 1. The molecule has 8 nitrogen and oxygen atoms in total. The van der Waals surface area contributed by atoms with E-state index >= 15 is 0 Å². The van der Waals surface area contributed by atoms with Crippen molar-refractivity contribution in [3.8, 4) is 10.7 Å². The van der Waals surface area contributed by atoms with Gasteiger partial charge in [-0.25, -0.2) is 14.8 Å². The number of hydrogen-bond acceptors (Lipinski definition) is 7. The molecule has 1 saturated carbocycles. The molecule has 1 aliphatic rings. The molecule has 0 radical (unpaired) electrons. The van der Waals surface area contributed by atoms with Gasteiger partial charge in [-0.1, -0.05) is 30.7 Å². The van der Waals surface area contributed by atoms with Crippen LogP contribution in [0.15, 0.2) is 32.1 Å². The zero-order valence-corrected chi connectivity index (χ0v) is 17.8. The molecule has 10 heteroatoms. The average Bonchev–Trinajstić information content (AvgIpc) is 3.42. The van der Waals surface area contributed by atoms with Crippen LogP contribution in [0.3, 0.4) is 0 Å². The Morgan fingerprint density at radius 1 is 1.24 bits per heavy atom. The van der Waals surface area contributed by atoms with Crippen molar-refractivity contribution in [3.63, 3.8) is 0 Å². The van der Waals surface area contributed by atoms with Crippen LogP contribution in [-0.2, 0) is 18.9 Å².